The van der Waals surface area contributed by atoms with Crippen LogP contribution in [0.4, 0.5) is 5.69 Å². The van der Waals surface area contributed by atoms with Crippen molar-refractivity contribution in [1.82, 2.24) is 9.55 Å². The Kier molecular flexibility index (Phi) is 8.68. The summed E-state index contributed by atoms with van der Waals surface area (Å²) in [5.41, 5.74) is 6.39. The summed E-state index contributed by atoms with van der Waals surface area (Å²) < 4.78 is 32.7. The van der Waals surface area contributed by atoms with Crippen molar-refractivity contribution >= 4 is 44.9 Å². The standard InChI is InChI=1S/C32H27Cl2N3O4S/c1-41-32(38)24-12-8-22(9-13-24)19-37-20-30(28-15-14-26(33)18-29(28)34)35-31(37)16-21-6-10-23(11-7-21)25-4-3-5-27(17-25)36-42(2,39)40/h3-15,17-18,20,36H,16,19H2,1-2H3. The van der Waals surface area contributed by atoms with E-state index in [1.807, 2.05) is 60.8 Å². The van der Waals surface area contributed by atoms with E-state index in [9.17, 15) is 13.2 Å². The number of rotatable bonds is 9. The van der Waals surface area contributed by atoms with Gasteiger partial charge in [0.1, 0.15) is 5.82 Å². The number of carbonyl (C=O) groups is 1. The van der Waals surface area contributed by atoms with Crippen LogP contribution in [0.3, 0.4) is 0 Å². The van der Waals surface area contributed by atoms with Crippen molar-refractivity contribution in [2.24, 2.45) is 0 Å². The smallest absolute Gasteiger partial charge is 0.337 e. The first kappa shape index (κ1) is 29.4. The maximum absolute atomic E-state index is 11.9. The van der Waals surface area contributed by atoms with Gasteiger partial charge in [-0.05, 0) is 64.7 Å². The number of aromatic nitrogens is 2. The molecule has 0 saturated carbocycles. The van der Waals surface area contributed by atoms with Crippen LogP contribution in [0.5, 0.6) is 0 Å². The van der Waals surface area contributed by atoms with Crippen LogP contribution < -0.4 is 4.72 Å². The van der Waals surface area contributed by atoms with Gasteiger partial charge in [0.2, 0.25) is 10.0 Å². The lowest BCUT2D eigenvalue weighted by atomic mass is 10.0. The molecule has 5 aromatic rings. The van der Waals surface area contributed by atoms with Crippen molar-refractivity contribution in [3.8, 4) is 22.4 Å². The quantitative estimate of drug-likeness (QED) is 0.175. The predicted octanol–water partition coefficient (Wildman–Crippen LogP) is 7.32. The molecule has 42 heavy (non-hydrogen) atoms. The number of anilines is 1. The minimum atomic E-state index is -3.37. The number of hydrogen-bond acceptors (Lipinski definition) is 5. The molecule has 7 nitrogen and oxygen atoms in total. The van der Waals surface area contributed by atoms with Crippen molar-refractivity contribution in [2.45, 2.75) is 13.0 Å². The fourth-order valence-electron chi connectivity index (χ4n) is 4.59. The molecule has 0 fully saturated rings. The van der Waals surface area contributed by atoms with Gasteiger partial charge in [-0.15, -0.1) is 0 Å². The topological polar surface area (TPSA) is 90.3 Å². The molecule has 4 aromatic carbocycles. The highest BCUT2D eigenvalue weighted by Gasteiger charge is 2.15. The molecule has 1 N–H and O–H groups in total. The SMILES string of the molecule is COC(=O)c1ccc(Cn2cc(-c3ccc(Cl)cc3Cl)nc2Cc2ccc(-c3cccc(NS(C)(=O)=O)c3)cc2)cc1. The zero-order valence-corrected chi connectivity index (χ0v) is 25.2. The molecule has 1 heterocycles. The molecule has 0 spiro atoms. The third-order valence-corrected chi connectivity index (χ3v) is 7.76. The molecule has 0 unspecified atom stereocenters. The van der Waals surface area contributed by atoms with Crippen molar-refractivity contribution < 1.29 is 17.9 Å². The minimum Gasteiger partial charge on any atom is -0.465 e. The van der Waals surface area contributed by atoms with Gasteiger partial charge in [-0.25, -0.2) is 18.2 Å². The average Bonchev–Trinajstić information content (AvgIpc) is 3.34. The van der Waals surface area contributed by atoms with Crippen LogP contribution in [0.15, 0.2) is 97.2 Å². The number of sulfonamides is 1. The highest BCUT2D eigenvalue weighted by molar-refractivity contribution is 7.92. The first-order valence-electron chi connectivity index (χ1n) is 12.9. The van der Waals surface area contributed by atoms with E-state index < -0.39 is 10.0 Å². The monoisotopic (exact) mass is 619 g/mol. The van der Waals surface area contributed by atoms with Gasteiger partial charge < -0.3 is 9.30 Å². The van der Waals surface area contributed by atoms with Crippen molar-refractivity contribution in [3.05, 3.63) is 130 Å². The summed E-state index contributed by atoms with van der Waals surface area (Å²) in [4.78, 5) is 16.8. The van der Waals surface area contributed by atoms with Crippen LogP contribution in [0.25, 0.3) is 22.4 Å². The number of ether oxygens (including phenoxy) is 1. The highest BCUT2D eigenvalue weighted by atomic mass is 35.5. The van der Waals surface area contributed by atoms with Crippen LogP contribution >= 0.6 is 23.2 Å². The summed E-state index contributed by atoms with van der Waals surface area (Å²) >= 11 is 12.6. The largest absolute Gasteiger partial charge is 0.465 e. The molecule has 0 bridgehead atoms. The van der Waals surface area contributed by atoms with Gasteiger partial charge in [0.15, 0.2) is 0 Å². The van der Waals surface area contributed by atoms with Gasteiger partial charge in [-0.3, -0.25) is 4.72 Å². The third-order valence-electron chi connectivity index (χ3n) is 6.61. The Labute approximate surface area is 254 Å². The van der Waals surface area contributed by atoms with Crippen LogP contribution in [-0.4, -0.2) is 37.3 Å². The zero-order chi connectivity index (χ0) is 29.9. The Bertz CT molecular complexity index is 1850. The van der Waals surface area contributed by atoms with Crippen LogP contribution in [-0.2, 0) is 27.7 Å². The molecule has 1 aromatic heterocycles. The molecular formula is C32H27Cl2N3O4S. The van der Waals surface area contributed by atoms with Crippen LogP contribution in [0.1, 0.15) is 27.3 Å². The second-order valence-corrected chi connectivity index (χ2v) is 12.4. The second kappa shape index (κ2) is 12.4. The lowest BCUT2D eigenvalue weighted by Gasteiger charge is -2.10. The summed E-state index contributed by atoms with van der Waals surface area (Å²) in [7, 11) is -2.01. The van der Waals surface area contributed by atoms with E-state index in [1.54, 1.807) is 36.4 Å². The van der Waals surface area contributed by atoms with E-state index in [0.717, 1.165) is 45.6 Å². The van der Waals surface area contributed by atoms with E-state index in [-0.39, 0.29) is 5.97 Å². The number of benzene rings is 4. The Morgan fingerprint density at radius 3 is 2.29 bits per heavy atom. The number of imidazole rings is 1. The number of nitrogens with zero attached hydrogens (tertiary/aromatic N) is 2. The summed E-state index contributed by atoms with van der Waals surface area (Å²) in [6.07, 6.45) is 3.65. The number of nitrogens with one attached hydrogen (secondary N) is 1. The van der Waals surface area contributed by atoms with Gasteiger partial charge in [-0.1, -0.05) is 71.7 Å². The number of halogens is 2. The zero-order valence-electron chi connectivity index (χ0n) is 22.8. The molecule has 0 aliphatic carbocycles. The Balaban J connectivity index is 1.43. The lowest BCUT2D eigenvalue weighted by molar-refractivity contribution is 0.0600. The maximum atomic E-state index is 11.9. The van der Waals surface area contributed by atoms with Gasteiger partial charge in [-0.2, -0.15) is 0 Å². The fourth-order valence-corrected chi connectivity index (χ4v) is 5.65. The molecule has 10 heteroatoms. The third kappa shape index (κ3) is 7.20. The second-order valence-electron chi connectivity index (χ2n) is 9.81. The van der Waals surface area contributed by atoms with Gasteiger partial charge >= 0.3 is 5.97 Å². The lowest BCUT2D eigenvalue weighted by Crippen LogP contribution is -2.09. The highest BCUT2D eigenvalue weighted by Crippen LogP contribution is 2.31. The molecule has 0 radical (unpaired) electrons. The number of methoxy groups -OCH3 is 1. The molecule has 0 saturated heterocycles. The number of hydrogen-bond donors (Lipinski definition) is 1. The van der Waals surface area contributed by atoms with Gasteiger partial charge in [0.25, 0.3) is 0 Å². The van der Waals surface area contributed by atoms with Crippen molar-refractivity contribution in [2.75, 3.05) is 18.1 Å². The molecule has 0 amide bonds. The Morgan fingerprint density at radius 1 is 0.905 bits per heavy atom. The predicted molar refractivity (Wildman–Crippen MR) is 168 cm³/mol. The maximum Gasteiger partial charge on any atom is 0.337 e. The Morgan fingerprint density at radius 2 is 1.62 bits per heavy atom. The molecular weight excluding hydrogens is 593 g/mol. The summed E-state index contributed by atoms with van der Waals surface area (Å²) in [5, 5.41) is 1.06. The summed E-state index contributed by atoms with van der Waals surface area (Å²) in [6, 6.07) is 28.0. The average molecular weight is 621 g/mol. The van der Waals surface area contributed by atoms with Crippen molar-refractivity contribution in [1.29, 1.82) is 0 Å². The Hall–Kier alpha value is -4.11. The van der Waals surface area contributed by atoms with E-state index in [1.165, 1.54) is 7.11 Å². The number of esters is 1. The fraction of sp³-hybridized carbons (Fsp3) is 0.125. The summed E-state index contributed by atoms with van der Waals surface area (Å²) in [6.45, 7) is 0.535. The van der Waals surface area contributed by atoms with Gasteiger partial charge in [0, 0.05) is 35.4 Å². The van der Waals surface area contributed by atoms with E-state index >= 15 is 0 Å². The van der Waals surface area contributed by atoms with Crippen molar-refractivity contribution in [3.63, 3.8) is 0 Å². The van der Waals surface area contributed by atoms with Gasteiger partial charge in [0.05, 0.1) is 29.6 Å². The molecule has 0 atom stereocenters. The molecule has 214 valence electrons. The summed E-state index contributed by atoms with van der Waals surface area (Å²) in [5.74, 6) is 0.450. The van der Waals surface area contributed by atoms with Crippen LogP contribution in [0.2, 0.25) is 10.0 Å². The first-order valence-corrected chi connectivity index (χ1v) is 15.6. The van der Waals surface area contributed by atoms with Crippen LogP contribution in [0, 0.1) is 0 Å². The molecule has 5 rings (SSSR count). The molecule has 0 aliphatic heterocycles. The van der Waals surface area contributed by atoms with E-state index in [2.05, 4.69) is 9.29 Å². The molecule has 0 aliphatic rings. The van der Waals surface area contributed by atoms with E-state index in [4.69, 9.17) is 32.9 Å². The number of carbonyl (C=O) groups excluding carboxylic acids is 1. The minimum absolute atomic E-state index is 0.383. The normalized spacial score (nSPS) is 11.3. The first-order chi connectivity index (χ1) is 20.1. The van der Waals surface area contributed by atoms with E-state index in [0.29, 0.717) is 34.3 Å².